The molecule has 0 N–H and O–H groups in total. The maximum absolute atomic E-state index is 10.0. The monoisotopic (exact) mass is 188 g/mol. The van der Waals surface area contributed by atoms with Crippen molar-refractivity contribution in [3.63, 3.8) is 0 Å². The Labute approximate surface area is 78.2 Å². The van der Waals surface area contributed by atoms with Crippen molar-refractivity contribution in [2.45, 2.75) is 33.1 Å². The highest BCUT2D eigenvalue weighted by Crippen LogP contribution is 2.01. The summed E-state index contributed by atoms with van der Waals surface area (Å²) in [4.78, 5) is 20.0. The molecule has 0 aromatic rings. The highest BCUT2D eigenvalue weighted by molar-refractivity contribution is 5.70. The van der Waals surface area contributed by atoms with E-state index in [9.17, 15) is 9.59 Å². The highest BCUT2D eigenvalue weighted by Gasteiger charge is 2.08. The van der Waals surface area contributed by atoms with Crippen LogP contribution in [0, 0.1) is 0 Å². The van der Waals surface area contributed by atoms with Crippen molar-refractivity contribution in [2.24, 2.45) is 0 Å². The Bertz CT molecular complexity index is 157. The summed E-state index contributed by atoms with van der Waals surface area (Å²) < 4.78 is 9.07. The molecule has 4 nitrogen and oxygen atoms in total. The number of rotatable bonds is 2. The topological polar surface area (TPSA) is 52.6 Å². The lowest BCUT2D eigenvalue weighted by atomic mass is 10.4. The summed E-state index contributed by atoms with van der Waals surface area (Å²) >= 11 is 0. The van der Waals surface area contributed by atoms with Crippen LogP contribution in [0.5, 0.6) is 0 Å². The van der Waals surface area contributed by atoms with E-state index in [1.807, 2.05) is 6.92 Å². The fraction of sp³-hybridized carbons (Fsp3) is 0.778. The molecule has 1 aliphatic rings. The van der Waals surface area contributed by atoms with Crippen LogP contribution in [0.4, 0.5) is 0 Å². The molecule has 4 heteroatoms. The van der Waals surface area contributed by atoms with E-state index in [0.29, 0.717) is 19.6 Å². The molecular formula is C9H16O4. The normalized spacial score (nSPS) is 14.2. The summed E-state index contributed by atoms with van der Waals surface area (Å²) in [5, 5.41) is 0. The van der Waals surface area contributed by atoms with E-state index in [1.54, 1.807) is 0 Å². The maximum atomic E-state index is 10.0. The standard InChI is InChI=1S/C5H10O2.C4H6O2/c1-3-4-7-5(2)6;5-4-2-1-3-6-4/h3-4H2,1-2H3;1-3H2. The minimum Gasteiger partial charge on any atom is -0.466 e. The minimum atomic E-state index is -0.193. The van der Waals surface area contributed by atoms with Gasteiger partial charge in [-0.05, 0) is 12.8 Å². The van der Waals surface area contributed by atoms with Gasteiger partial charge in [-0.15, -0.1) is 0 Å². The zero-order valence-electron chi connectivity index (χ0n) is 8.17. The SMILES string of the molecule is CCCOC(C)=O.O=C1CCCO1. The number of carbonyl (C=O) groups excluding carboxylic acids is 2. The molecule has 1 aliphatic heterocycles. The lowest BCUT2D eigenvalue weighted by molar-refractivity contribution is -0.141. The van der Waals surface area contributed by atoms with Crippen LogP contribution < -0.4 is 0 Å². The molecule has 0 atom stereocenters. The average molecular weight is 188 g/mol. The van der Waals surface area contributed by atoms with Crippen molar-refractivity contribution in [2.75, 3.05) is 13.2 Å². The molecule has 0 amide bonds. The molecule has 76 valence electrons. The highest BCUT2D eigenvalue weighted by atomic mass is 16.5. The Hall–Kier alpha value is -1.06. The van der Waals surface area contributed by atoms with Crippen LogP contribution in [0.3, 0.4) is 0 Å². The number of ether oxygens (including phenoxy) is 2. The van der Waals surface area contributed by atoms with Gasteiger partial charge < -0.3 is 9.47 Å². The van der Waals surface area contributed by atoms with Gasteiger partial charge in [0, 0.05) is 13.3 Å². The fourth-order valence-corrected chi connectivity index (χ4v) is 0.720. The van der Waals surface area contributed by atoms with Crippen LogP contribution >= 0.6 is 0 Å². The Kier molecular flexibility index (Phi) is 6.96. The first-order valence-corrected chi connectivity index (χ1v) is 4.45. The Morgan fingerprint density at radius 3 is 2.46 bits per heavy atom. The second-order valence-corrected chi connectivity index (χ2v) is 2.66. The van der Waals surface area contributed by atoms with E-state index in [-0.39, 0.29) is 11.9 Å². The van der Waals surface area contributed by atoms with Crippen LogP contribution in [0.1, 0.15) is 33.1 Å². The Balaban J connectivity index is 0.000000223. The molecule has 0 aliphatic carbocycles. The number of hydrogen-bond acceptors (Lipinski definition) is 4. The Morgan fingerprint density at radius 2 is 2.31 bits per heavy atom. The molecule has 1 heterocycles. The van der Waals surface area contributed by atoms with Gasteiger partial charge in [0.15, 0.2) is 0 Å². The Morgan fingerprint density at radius 1 is 1.62 bits per heavy atom. The van der Waals surface area contributed by atoms with Gasteiger partial charge in [0.2, 0.25) is 0 Å². The summed E-state index contributed by atoms with van der Waals surface area (Å²) in [6.07, 6.45) is 2.44. The van der Waals surface area contributed by atoms with Crippen LogP contribution in [0.15, 0.2) is 0 Å². The molecule has 1 saturated heterocycles. The molecule has 1 fully saturated rings. The van der Waals surface area contributed by atoms with Crippen LogP contribution in [-0.4, -0.2) is 25.2 Å². The molecule has 1 rings (SSSR count). The van der Waals surface area contributed by atoms with E-state index in [0.717, 1.165) is 12.8 Å². The maximum Gasteiger partial charge on any atom is 0.305 e. The predicted molar refractivity (Wildman–Crippen MR) is 47.1 cm³/mol. The van der Waals surface area contributed by atoms with E-state index in [4.69, 9.17) is 0 Å². The number of hydrogen-bond donors (Lipinski definition) is 0. The molecule has 0 saturated carbocycles. The van der Waals surface area contributed by atoms with Gasteiger partial charge in [0.05, 0.1) is 13.2 Å². The van der Waals surface area contributed by atoms with Crippen molar-refractivity contribution < 1.29 is 19.1 Å². The third kappa shape index (κ3) is 8.85. The van der Waals surface area contributed by atoms with Crippen LogP contribution in [-0.2, 0) is 19.1 Å². The summed E-state index contributed by atoms with van der Waals surface area (Å²) in [5.41, 5.74) is 0. The lowest BCUT2D eigenvalue weighted by Crippen LogP contribution is -1.98. The van der Waals surface area contributed by atoms with Gasteiger partial charge in [0.1, 0.15) is 0 Å². The zero-order valence-corrected chi connectivity index (χ0v) is 8.17. The summed E-state index contributed by atoms with van der Waals surface area (Å²) in [7, 11) is 0. The molecule has 0 spiro atoms. The van der Waals surface area contributed by atoms with E-state index in [1.165, 1.54) is 6.92 Å². The minimum absolute atomic E-state index is 0.0463. The van der Waals surface area contributed by atoms with Crippen molar-refractivity contribution in [1.29, 1.82) is 0 Å². The molecule has 0 aromatic carbocycles. The van der Waals surface area contributed by atoms with E-state index < -0.39 is 0 Å². The first-order chi connectivity index (χ1) is 6.16. The molecular weight excluding hydrogens is 172 g/mol. The van der Waals surface area contributed by atoms with Gasteiger partial charge in [-0.3, -0.25) is 9.59 Å². The smallest absolute Gasteiger partial charge is 0.305 e. The summed E-state index contributed by atoms with van der Waals surface area (Å²) in [6, 6.07) is 0. The molecule has 0 unspecified atom stereocenters. The van der Waals surface area contributed by atoms with E-state index in [2.05, 4.69) is 9.47 Å². The lowest BCUT2D eigenvalue weighted by Gasteiger charge is -1.93. The molecule has 0 bridgehead atoms. The second kappa shape index (κ2) is 7.58. The van der Waals surface area contributed by atoms with Gasteiger partial charge in [0.25, 0.3) is 0 Å². The van der Waals surface area contributed by atoms with Crippen LogP contribution in [0.2, 0.25) is 0 Å². The average Bonchev–Trinajstić information content (AvgIpc) is 2.53. The predicted octanol–water partition coefficient (Wildman–Crippen LogP) is 1.28. The fourth-order valence-electron chi connectivity index (χ4n) is 0.720. The zero-order chi connectivity index (χ0) is 10.1. The van der Waals surface area contributed by atoms with Gasteiger partial charge in [-0.2, -0.15) is 0 Å². The van der Waals surface area contributed by atoms with Crippen molar-refractivity contribution in [1.82, 2.24) is 0 Å². The van der Waals surface area contributed by atoms with Crippen molar-refractivity contribution in [3.05, 3.63) is 0 Å². The van der Waals surface area contributed by atoms with Gasteiger partial charge in [-0.1, -0.05) is 6.92 Å². The molecule has 13 heavy (non-hydrogen) atoms. The molecule has 0 radical (unpaired) electrons. The molecule has 0 aromatic heterocycles. The van der Waals surface area contributed by atoms with Gasteiger partial charge in [-0.25, -0.2) is 0 Å². The van der Waals surface area contributed by atoms with Gasteiger partial charge >= 0.3 is 11.9 Å². The van der Waals surface area contributed by atoms with E-state index >= 15 is 0 Å². The largest absolute Gasteiger partial charge is 0.466 e. The summed E-state index contributed by atoms with van der Waals surface area (Å²) in [5.74, 6) is -0.239. The third-order valence-electron chi connectivity index (χ3n) is 1.30. The first-order valence-electron chi connectivity index (χ1n) is 4.45. The second-order valence-electron chi connectivity index (χ2n) is 2.66. The quantitative estimate of drug-likeness (QED) is 0.612. The summed E-state index contributed by atoms with van der Waals surface area (Å²) in [6.45, 7) is 4.56. The third-order valence-corrected chi connectivity index (χ3v) is 1.30. The number of cyclic esters (lactones) is 1. The van der Waals surface area contributed by atoms with Crippen molar-refractivity contribution >= 4 is 11.9 Å². The first kappa shape index (κ1) is 11.9. The number of carbonyl (C=O) groups is 2. The van der Waals surface area contributed by atoms with Crippen molar-refractivity contribution in [3.8, 4) is 0 Å². The van der Waals surface area contributed by atoms with Crippen LogP contribution in [0.25, 0.3) is 0 Å². The number of esters is 2.